The number of carbonyl (C=O) groups excluding carboxylic acids is 1. The van der Waals surface area contributed by atoms with Crippen LogP contribution in [-0.2, 0) is 24.1 Å². The van der Waals surface area contributed by atoms with E-state index in [2.05, 4.69) is 34.9 Å². The molecule has 1 saturated heterocycles. The van der Waals surface area contributed by atoms with Gasteiger partial charge in [-0.3, -0.25) is 9.69 Å². The molecule has 160 valence electrons. The normalized spacial score (nSPS) is 18.2. The van der Waals surface area contributed by atoms with Crippen LogP contribution in [0.2, 0.25) is 0 Å². The van der Waals surface area contributed by atoms with Crippen molar-refractivity contribution in [3.8, 4) is 0 Å². The smallest absolute Gasteiger partial charge is 0.322 e. The Bertz CT molecular complexity index is 947. The molecule has 2 aliphatic heterocycles. The second-order valence-electron chi connectivity index (χ2n) is 7.85. The number of aliphatic carboxylic acids is 1. The largest absolute Gasteiger partial charge is 0.481 e. The predicted molar refractivity (Wildman–Crippen MR) is 120 cm³/mol. The minimum atomic E-state index is -0.788. The van der Waals surface area contributed by atoms with Crippen LogP contribution < -0.4 is 15.5 Å². The summed E-state index contributed by atoms with van der Waals surface area (Å²) in [5, 5.41) is 15.3. The van der Waals surface area contributed by atoms with Gasteiger partial charge >= 0.3 is 12.0 Å². The van der Waals surface area contributed by atoms with Crippen LogP contribution in [0, 0.1) is 6.92 Å². The van der Waals surface area contributed by atoms with E-state index in [1.54, 1.807) is 0 Å². The van der Waals surface area contributed by atoms with Gasteiger partial charge in [0.05, 0.1) is 6.04 Å². The number of benzene rings is 2. The number of carbonyl (C=O) groups is 2. The number of fused-ring (bicyclic) bond motifs is 1. The number of carboxylic acids is 1. The SMILES string of the molecule is Cc1cc(C2CNC(=O)N2c2ccc3c(c2)CCNCC3)ccc1CCC(=O)O.Cl. The molecule has 0 saturated carbocycles. The molecule has 0 spiro atoms. The van der Waals surface area contributed by atoms with Crippen molar-refractivity contribution in [2.75, 3.05) is 24.5 Å². The van der Waals surface area contributed by atoms with Crippen LogP contribution in [0.3, 0.4) is 0 Å². The van der Waals surface area contributed by atoms with Crippen molar-refractivity contribution in [3.05, 3.63) is 64.2 Å². The van der Waals surface area contributed by atoms with Crippen LogP contribution in [0.15, 0.2) is 36.4 Å². The summed E-state index contributed by atoms with van der Waals surface area (Å²) in [7, 11) is 0. The maximum Gasteiger partial charge on any atom is 0.322 e. The molecule has 1 fully saturated rings. The van der Waals surface area contributed by atoms with Crippen molar-refractivity contribution in [3.63, 3.8) is 0 Å². The Balaban J connectivity index is 0.00000256. The molecule has 2 amide bonds. The molecular weight excluding hydrogens is 402 g/mol. The van der Waals surface area contributed by atoms with Gasteiger partial charge in [0.25, 0.3) is 0 Å². The fourth-order valence-corrected chi connectivity index (χ4v) is 4.32. The molecule has 0 bridgehead atoms. The van der Waals surface area contributed by atoms with Crippen molar-refractivity contribution in [2.45, 2.75) is 38.6 Å². The summed E-state index contributed by atoms with van der Waals surface area (Å²) in [5.74, 6) is -0.788. The van der Waals surface area contributed by atoms with Gasteiger partial charge in [0, 0.05) is 18.7 Å². The van der Waals surface area contributed by atoms with Gasteiger partial charge in [-0.25, -0.2) is 4.79 Å². The second kappa shape index (κ2) is 9.49. The fraction of sp³-hybridized carbons (Fsp3) is 0.391. The molecule has 0 aliphatic carbocycles. The summed E-state index contributed by atoms with van der Waals surface area (Å²) in [5.41, 5.74) is 6.77. The lowest BCUT2D eigenvalue weighted by Crippen LogP contribution is -2.29. The molecule has 30 heavy (non-hydrogen) atoms. The zero-order chi connectivity index (χ0) is 20.4. The van der Waals surface area contributed by atoms with Crippen molar-refractivity contribution in [1.82, 2.24) is 10.6 Å². The fourth-order valence-electron chi connectivity index (χ4n) is 4.32. The molecule has 2 heterocycles. The van der Waals surface area contributed by atoms with Gasteiger partial charge in [0.15, 0.2) is 0 Å². The molecule has 4 rings (SSSR count). The molecule has 2 aromatic rings. The van der Waals surface area contributed by atoms with E-state index in [1.165, 1.54) is 11.1 Å². The molecule has 2 aromatic carbocycles. The summed E-state index contributed by atoms with van der Waals surface area (Å²) in [6.07, 6.45) is 2.63. The lowest BCUT2D eigenvalue weighted by Gasteiger charge is -2.25. The number of urea groups is 1. The summed E-state index contributed by atoms with van der Waals surface area (Å²) >= 11 is 0. The van der Waals surface area contributed by atoms with Gasteiger partial charge in [-0.2, -0.15) is 0 Å². The number of nitrogens with one attached hydrogen (secondary N) is 2. The van der Waals surface area contributed by atoms with Crippen molar-refractivity contribution in [1.29, 1.82) is 0 Å². The molecule has 7 heteroatoms. The molecule has 0 aromatic heterocycles. The highest BCUT2D eigenvalue weighted by molar-refractivity contribution is 5.95. The highest BCUT2D eigenvalue weighted by Gasteiger charge is 2.33. The summed E-state index contributed by atoms with van der Waals surface area (Å²) in [6.45, 7) is 4.52. The first-order chi connectivity index (χ1) is 14.0. The minimum absolute atomic E-state index is 0. The second-order valence-corrected chi connectivity index (χ2v) is 7.85. The first kappa shape index (κ1) is 22.1. The lowest BCUT2D eigenvalue weighted by atomic mass is 9.96. The number of nitrogens with zero attached hydrogens (tertiary/aromatic N) is 1. The van der Waals surface area contributed by atoms with Crippen LogP contribution in [0.4, 0.5) is 10.5 Å². The topological polar surface area (TPSA) is 81.7 Å². The predicted octanol–water partition coefficient (Wildman–Crippen LogP) is 3.39. The average Bonchev–Trinajstić information content (AvgIpc) is 2.93. The van der Waals surface area contributed by atoms with Gasteiger partial charge in [-0.15, -0.1) is 12.4 Å². The van der Waals surface area contributed by atoms with Crippen LogP contribution in [0.25, 0.3) is 0 Å². The Hall–Kier alpha value is -2.57. The third-order valence-electron chi connectivity index (χ3n) is 5.95. The monoisotopic (exact) mass is 429 g/mol. The number of halogens is 1. The Labute approximate surface area is 183 Å². The Kier molecular flexibility index (Phi) is 7.00. The molecule has 1 unspecified atom stereocenters. The summed E-state index contributed by atoms with van der Waals surface area (Å²) in [4.78, 5) is 25.4. The number of aryl methyl sites for hydroxylation is 2. The molecule has 0 radical (unpaired) electrons. The van der Waals surface area contributed by atoms with E-state index in [1.807, 2.05) is 24.0 Å². The maximum absolute atomic E-state index is 12.7. The summed E-state index contributed by atoms with van der Waals surface area (Å²) in [6, 6.07) is 12.3. The van der Waals surface area contributed by atoms with Crippen molar-refractivity contribution < 1.29 is 14.7 Å². The van der Waals surface area contributed by atoms with E-state index in [0.717, 1.165) is 48.3 Å². The lowest BCUT2D eigenvalue weighted by molar-refractivity contribution is -0.136. The third-order valence-corrected chi connectivity index (χ3v) is 5.95. The zero-order valence-corrected chi connectivity index (χ0v) is 17.9. The molecule has 6 nitrogen and oxygen atoms in total. The Morgan fingerprint density at radius 3 is 2.63 bits per heavy atom. The van der Waals surface area contributed by atoms with Crippen molar-refractivity contribution in [2.24, 2.45) is 0 Å². The Morgan fingerprint density at radius 2 is 1.90 bits per heavy atom. The van der Waals surface area contributed by atoms with E-state index < -0.39 is 5.97 Å². The van der Waals surface area contributed by atoms with E-state index in [0.29, 0.717) is 13.0 Å². The van der Waals surface area contributed by atoms with E-state index in [9.17, 15) is 9.59 Å². The average molecular weight is 430 g/mol. The first-order valence-electron chi connectivity index (χ1n) is 10.2. The summed E-state index contributed by atoms with van der Waals surface area (Å²) < 4.78 is 0. The number of anilines is 1. The van der Waals surface area contributed by atoms with E-state index >= 15 is 0 Å². The van der Waals surface area contributed by atoms with E-state index in [4.69, 9.17) is 5.11 Å². The number of amides is 2. The molecular formula is C23H28ClN3O3. The van der Waals surface area contributed by atoms with E-state index in [-0.39, 0.29) is 30.9 Å². The van der Waals surface area contributed by atoms with Gasteiger partial charge < -0.3 is 15.7 Å². The molecule has 3 N–H and O–H groups in total. The zero-order valence-electron chi connectivity index (χ0n) is 17.1. The van der Waals surface area contributed by atoms with Gasteiger partial charge in [0.1, 0.15) is 0 Å². The standard InChI is InChI=1S/C23H27N3O3.ClH/c1-15-12-19(3-2-16(15)5-7-22(27)28)21-14-25-23(29)26(21)20-6-4-17-8-10-24-11-9-18(17)13-20;/h2-4,6,12-13,21,24H,5,7-11,14H2,1H3,(H,25,29)(H,27,28);1H. The third kappa shape index (κ3) is 4.60. The van der Waals surface area contributed by atoms with Crippen LogP contribution in [0.1, 0.15) is 40.3 Å². The van der Waals surface area contributed by atoms with Gasteiger partial charge in [0.2, 0.25) is 0 Å². The van der Waals surface area contributed by atoms with Crippen LogP contribution >= 0.6 is 12.4 Å². The first-order valence-corrected chi connectivity index (χ1v) is 10.2. The van der Waals surface area contributed by atoms with Gasteiger partial charge in [-0.05, 0) is 79.2 Å². The highest BCUT2D eigenvalue weighted by atomic mass is 35.5. The maximum atomic E-state index is 12.7. The number of hydrogen-bond donors (Lipinski definition) is 3. The number of hydrogen-bond acceptors (Lipinski definition) is 3. The number of carboxylic acid groups (broad SMARTS) is 1. The van der Waals surface area contributed by atoms with Crippen LogP contribution in [0.5, 0.6) is 0 Å². The highest BCUT2D eigenvalue weighted by Crippen LogP contribution is 2.33. The van der Waals surface area contributed by atoms with Crippen molar-refractivity contribution >= 4 is 30.1 Å². The quantitative estimate of drug-likeness (QED) is 0.680. The number of rotatable bonds is 5. The Morgan fingerprint density at radius 1 is 1.13 bits per heavy atom. The van der Waals surface area contributed by atoms with Gasteiger partial charge in [-0.1, -0.05) is 24.3 Å². The van der Waals surface area contributed by atoms with Crippen LogP contribution in [-0.4, -0.2) is 36.7 Å². The molecule has 1 atom stereocenters. The molecule has 2 aliphatic rings. The minimum Gasteiger partial charge on any atom is -0.481 e.